The highest BCUT2D eigenvalue weighted by atomic mass is 32.1. The Hall–Kier alpha value is -1.29. The van der Waals surface area contributed by atoms with Crippen LogP contribution in [0.4, 0.5) is 5.69 Å². The Morgan fingerprint density at radius 1 is 1.54 bits per heavy atom. The molecule has 0 aliphatic carbocycles. The van der Waals surface area contributed by atoms with Gasteiger partial charge in [-0.15, -0.1) is 0 Å². The van der Waals surface area contributed by atoms with Gasteiger partial charge in [-0.2, -0.15) is 0 Å². The zero-order valence-corrected chi connectivity index (χ0v) is 8.44. The fourth-order valence-electron chi connectivity index (χ4n) is 1.10. The van der Waals surface area contributed by atoms with E-state index in [-0.39, 0.29) is 5.11 Å². The number of anilines is 1. The maximum Gasteiger partial charge on any atom is 0.168 e. The third-order valence-electron chi connectivity index (χ3n) is 1.66. The van der Waals surface area contributed by atoms with Crippen molar-refractivity contribution in [1.29, 1.82) is 0 Å². The van der Waals surface area contributed by atoms with E-state index in [4.69, 9.17) is 22.7 Å². The van der Waals surface area contributed by atoms with Crippen LogP contribution in [-0.2, 0) is 0 Å². The molecule has 0 saturated heterocycles. The van der Waals surface area contributed by atoms with Crippen LogP contribution in [0.25, 0.3) is 0 Å². The lowest BCUT2D eigenvalue weighted by Gasteiger charge is -2.07. The van der Waals surface area contributed by atoms with Gasteiger partial charge < -0.3 is 15.8 Å². The zero-order valence-electron chi connectivity index (χ0n) is 7.63. The predicted octanol–water partition coefficient (Wildman–Crippen LogP) is 1.66. The average molecular weight is 196 g/mol. The van der Waals surface area contributed by atoms with E-state index in [1.165, 1.54) is 0 Å². The molecule has 0 aliphatic heterocycles. The fourth-order valence-corrected chi connectivity index (χ4v) is 1.22. The maximum absolute atomic E-state index is 5.33. The number of hydrogen-bond donors (Lipinski definition) is 2. The van der Waals surface area contributed by atoms with Gasteiger partial charge in [-0.3, -0.25) is 0 Å². The molecule has 13 heavy (non-hydrogen) atoms. The van der Waals surface area contributed by atoms with Gasteiger partial charge in [-0.25, -0.2) is 0 Å². The summed E-state index contributed by atoms with van der Waals surface area (Å²) >= 11 is 4.72. The van der Waals surface area contributed by atoms with Crippen LogP contribution in [0.15, 0.2) is 18.2 Å². The molecule has 4 heteroatoms. The fraction of sp³-hybridized carbons (Fsp3) is 0.222. The number of thiocarbonyl (C=S) groups is 1. The van der Waals surface area contributed by atoms with Crippen molar-refractivity contribution in [3.8, 4) is 5.75 Å². The number of ether oxygens (including phenoxy) is 1. The number of hydrogen-bond acceptors (Lipinski definition) is 2. The molecule has 1 aromatic rings. The Bertz CT molecular complexity index is 325. The summed E-state index contributed by atoms with van der Waals surface area (Å²) in [6.45, 7) is 1.96. The van der Waals surface area contributed by atoms with Gasteiger partial charge in [-0.05, 0) is 42.9 Å². The van der Waals surface area contributed by atoms with Crippen LogP contribution >= 0.6 is 12.2 Å². The molecule has 0 aliphatic rings. The number of rotatable bonds is 2. The number of benzene rings is 1. The molecule has 0 amide bonds. The van der Waals surface area contributed by atoms with E-state index >= 15 is 0 Å². The highest BCUT2D eigenvalue weighted by Crippen LogP contribution is 2.20. The minimum atomic E-state index is 0.268. The van der Waals surface area contributed by atoms with Gasteiger partial charge in [0.05, 0.1) is 7.11 Å². The second-order valence-electron chi connectivity index (χ2n) is 2.67. The van der Waals surface area contributed by atoms with E-state index < -0.39 is 0 Å². The van der Waals surface area contributed by atoms with E-state index in [9.17, 15) is 0 Å². The lowest BCUT2D eigenvalue weighted by molar-refractivity contribution is 0.412. The Kier molecular flexibility index (Phi) is 3.08. The highest BCUT2D eigenvalue weighted by molar-refractivity contribution is 7.80. The summed E-state index contributed by atoms with van der Waals surface area (Å²) < 4.78 is 5.11. The van der Waals surface area contributed by atoms with E-state index in [2.05, 4.69) is 5.32 Å². The first kappa shape index (κ1) is 9.80. The summed E-state index contributed by atoms with van der Waals surface area (Å²) in [6.07, 6.45) is 0. The van der Waals surface area contributed by atoms with Crippen molar-refractivity contribution in [3.05, 3.63) is 23.8 Å². The third-order valence-corrected chi connectivity index (χ3v) is 1.76. The minimum absolute atomic E-state index is 0.268. The predicted molar refractivity (Wildman–Crippen MR) is 58.1 cm³/mol. The van der Waals surface area contributed by atoms with Gasteiger partial charge in [0.15, 0.2) is 5.11 Å². The maximum atomic E-state index is 5.33. The molecule has 0 saturated carbocycles. The molecule has 0 unspecified atom stereocenters. The Morgan fingerprint density at radius 3 is 2.69 bits per heavy atom. The van der Waals surface area contributed by atoms with Crippen LogP contribution in [0.2, 0.25) is 0 Å². The largest absolute Gasteiger partial charge is 0.496 e. The van der Waals surface area contributed by atoms with E-state index in [0.717, 1.165) is 17.0 Å². The molecule has 70 valence electrons. The van der Waals surface area contributed by atoms with Crippen LogP contribution < -0.4 is 15.8 Å². The highest BCUT2D eigenvalue weighted by Gasteiger charge is 1.99. The quantitative estimate of drug-likeness (QED) is 0.706. The SMILES string of the molecule is COc1ccc(NC(N)=S)cc1C. The lowest BCUT2D eigenvalue weighted by atomic mass is 10.2. The standard InChI is InChI=1S/C9H12N2OS/c1-6-5-7(11-9(10)13)3-4-8(6)12-2/h3-5H,1-2H3,(H3,10,11,13). The molecule has 0 heterocycles. The minimum Gasteiger partial charge on any atom is -0.496 e. The molecule has 0 fully saturated rings. The second kappa shape index (κ2) is 4.09. The van der Waals surface area contributed by atoms with Crippen LogP contribution in [0.1, 0.15) is 5.56 Å². The van der Waals surface area contributed by atoms with E-state index in [1.807, 2.05) is 25.1 Å². The van der Waals surface area contributed by atoms with Crippen LogP contribution in [0.3, 0.4) is 0 Å². The van der Waals surface area contributed by atoms with Crippen molar-refractivity contribution in [2.24, 2.45) is 5.73 Å². The first-order chi connectivity index (χ1) is 6.13. The van der Waals surface area contributed by atoms with E-state index in [1.54, 1.807) is 7.11 Å². The van der Waals surface area contributed by atoms with Gasteiger partial charge in [-0.1, -0.05) is 0 Å². The molecule has 0 atom stereocenters. The van der Waals surface area contributed by atoms with Crippen molar-refractivity contribution < 1.29 is 4.74 Å². The summed E-state index contributed by atoms with van der Waals surface area (Å²) in [5.41, 5.74) is 7.26. The smallest absolute Gasteiger partial charge is 0.168 e. The van der Waals surface area contributed by atoms with Crippen molar-refractivity contribution in [1.82, 2.24) is 0 Å². The Labute approximate surface area is 82.9 Å². The zero-order chi connectivity index (χ0) is 9.84. The van der Waals surface area contributed by atoms with Crippen molar-refractivity contribution >= 4 is 23.0 Å². The molecule has 1 aromatic carbocycles. The van der Waals surface area contributed by atoms with Crippen LogP contribution in [-0.4, -0.2) is 12.2 Å². The van der Waals surface area contributed by atoms with Crippen molar-refractivity contribution in [2.45, 2.75) is 6.92 Å². The van der Waals surface area contributed by atoms with Gasteiger partial charge in [0, 0.05) is 5.69 Å². The van der Waals surface area contributed by atoms with Gasteiger partial charge in [0.2, 0.25) is 0 Å². The summed E-state index contributed by atoms with van der Waals surface area (Å²) in [5, 5.41) is 3.12. The van der Waals surface area contributed by atoms with Crippen molar-refractivity contribution in [2.75, 3.05) is 12.4 Å². The van der Waals surface area contributed by atoms with Gasteiger partial charge in [0.1, 0.15) is 5.75 Å². The number of nitrogens with one attached hydrogen (secondary N) is 1. The molecule has 0 radical (unpaired) electrons. The molecule has 1 rings (SSSR count). The van der Waals surface area contributed by atoms with E-state index in [0.29, 0.717) is 0 Å². The van der Waals surface area contributed by atoms with Crippen LogP contribution in [0.5, 0.6) is 5.75 Å². The summed E-state index contributed by atoms with van der Waals surface area (Å²) in [7, 11) is 1.64. The molecule has 3 nitrogen and oxygen atoms in total. The molecule has 0 aromatic heterocycles. The first-order valence-corrected chi connectivity index (χ1v) is 4.25. The third kappa shape index (κ3) is 2.59. The monoisotopic (exact) mass is 196 g/mol. The molecule has 0 bridgehead atoms. The van der Waals surface area contributed by atoms with Crippen LogP contribution in [0, 0.1) is 6.92 Å². The summed E-state index contributed by atoms with van der Waals surface area (Å²) in [5.74, 6) is 0.855. The first-order valence-electron chi connectivity index (χ1n) is 3.84. The lowest BCUT2D eigenvalue weighted by Crippen LogP contribution is -2.18. The number of methoxy groups -OCH3 is 1. The number of nitrogens with two attached hydrogens (primary N) is 1. The van der Waals surface area contributed by atoms with Gasteiger partial charge in [0.25, 0.3) is 0 Å². The van der Waals surface area contributed by atoms with Crippen molar-refractivity contribution in [3.63, 3.8) is 0 Å². The molecule has 0 spiro atoms. The van der Waals surface area contributed by atoms with Gasteiger partial charge >= 0.3 is 0 Å². The molecular weight excluding hydrogens is 184 g/mol. The molecule has 3 N–H and O–H groups in total. The Morgan fingerprint density at radius 2 is 2.23 bits per heavy atom. The second-order valence-corrected chi connectivity index (χ2v) is 3.11. The molecular formula is C9H12N2OS. The summed E-state index contributed by atoms with van der Waals surface area (Å²) in [4.78, 5) is 0. The average Bonchev–Trinajstić information content (AvgIpc) is 2.03. The topological polar surface area (TPSA) is 47.3 Å². The normalized spacial score (nSPS) is 9.38. The Balaban J connectivity index is 2.89. The number of aryl methyl sites for hydroxylation is 1. The summed E-state index contributed by atoms with van der Waals surface area (Å²) in [6, 6.07) is 5.67.